The van der Waals surface area contributed by atoms with Gasteiger partial charge in [-0.25, -0.2) is 19.9 Å². The monoisotopic (exact) mass is 290 g/mol. The van der Waals surface area contributed by atoms with Gasteiger partial charge in [-0.3, -0.25) is 0 Å². The van der Waals surface area contributed by atoms with E-state index in [1.807, 2.05) is 13.0 Å². The molecule has 4 nitrogen and oxygen atoms in total. The zero-order valence-electron chi connectivity index (χ0n) is 10.5. The van der Waals surface area contributed by atoms with Gasteiger partial charge in [0.05, 0.1) is 0 Å². The van der Waals surface area contributed by atoms with Crippen LogP contribution in [0.1, 0.15) is 17.4 Å². The van der Waals surface area contributed by atoms with Crippen molar-refractivity contribution in [1.82, 2.24) is 19.9 Å². The summed E-state index contributed by atoms with van der Waals surface area (Å²) in [4.78, 5) is 19.4. The molecule has 96 valence electrons. The lowest BCUT2D eigenvalue weighted by atomic mass is 10.3. The Labute approximate surface area is 119 Å². The topological polar surface area (TPSA) is 51.6 Å². The van der Waals surface area contributed by atoms with Crippen molar-refractivity contribution in [3.05, 3.63) is 34.1 Å². The lowest BCUT2D eigenvalue weighted by Crippen LogP contribution is -1.95. The predicted molar refractivity (Wildman–Crippen MR) is 77.6 cm³/mol. The molecular formula is C13H11ClN4S. The third-order valence-electron chi connectivity index (χ3n) is 2.73. The van der Waals surface area contributed by atoms with E-state index in [1.165, 1.54) is 4.88 Å². The van der Waals surface area contributed by atoms with Crippen LogP contribution in [0.5, 0.6) is 0 Å². The Hall–Kier alpha value is -1.59. The second-order valence-corrected chi connectivity index (χ2v) is 5.68. The Kier molecular flexibility index (Phi) is 3.16. The molecule has 0 saturated carbocycles. The molecule has 3 rings (SSSR count). The van der Waals surface area contributed by atoms with Crippen LogP contribution in [0.4, 0.5) is 0 Å². The van der Waals surface area contributed by atoms with Crippen molar-refractivity contribution < 1.29 is 0 Å². The van der Waals surface area contributed by atoms with Gasteiger partial charge in [-0.2, -0.15) is 0 Å². The zero-order chi connectivity index (χ0) is 13.4. The Balaban J connectivity index is 2.17. The Morgan fingerprint density at radius 3 is 2.58 bits per heavy atom. The second-order valence-electron chi connectivity index (χ2n) is 4.21. The quantitative estimate of drug-likeness (QED) is 0.676. The number of fused-ring (bicyclic) bond motifs is 1. The average molecular weight is 291 g/mol. The molecule has 0 saturated heterocycles. The molecule has 3 heterocycles. The Morgan fingerprint density at radius 1 is 1.16 bits per heavy atom. The van der Waals surface area contributed by atoms with Crippen LogP contribution in [0, 0.1) is 6.92 Å². The molecule has 0 aliphatic heterocycles. The van der Waals surface area contributed by atoms with Gasteiger partial charge in [-0.1, -0.05) is 18.5 Å². The van der Waals surface area contributed by atoms with Crippen LogP contribution in [-0.2, 0) is 6.42 Å². The maximum absolute atomic E-state index is 6.21. The highest BCUT2D eigenvalue weighted by molar-refractivity contribution is 7.18. The first-order valence-electron chi connectivity index (χ1n) is 5.92. The standard InChI is InChI=1S/C13H11ClN4S/c1-3-8-4-9-10(14)17-12(18-13(9)19-8)11-15-5-7(2)6-16-11/h4-6H,3H2,1-2H3. The molecular weight excluding hydrogens is 280 g/mol. The minimum atomic E-state index is 0.458. The normalized spacial score (nSPS) is 11.1. The number of nitrogens with zero attached hydrogens (tertiary/aromatic N) is 4. The van der Waals surface area contributed by atoms with Gasteiger partial charge in [0.1, 0.15) is 9.98 Å². The summed E-state index contributed by atoms with van der Waals surface area (Å²) in [5.74, 6) is 0.975. The summed E-state index contributed by atoms with van der Waals surface area (Å²) < 4.78 is 0. The molecule has 0 aromatic carbocycles. The first-order valence-corrected chi connectivity index (χ1v) is 7.12. The van der Waals surface area contributed by atoms with Crippen LogP contribution in [0.3, 0.4) is 0 Å². The van der Waals surface area contributed by atoms with E-state index in [-0.39, 0.29) is 0 Å². The van der Waals surface area contributed by atoms with E-state index >= 15 is 0 Å². The summed E-state index contributed by atoms with van der Waals surface area (Å²) in [6.07, 6.45) is 4.46. The number of thiophene rings is 1. The average Bonchev–Trinajstić information content (AvgIpc) is 2.83. The van der Waals surface area contributed by atoms with Gasteiger partial charge in [0.25, 0.3) is 0 Å². The van der Waals surface area contributed by atoms with Gasteiger partial charge in [0.15, 0.2) is 5.82 Å². The maximum Gasteiger partial charge on any atom is 0.200 e. The number of hydrogen-bond donors (Lipinski definition) is 0. The number of aromatic nitrogens is 4. The smallest absolute Gasteiger partial charge is 0.200 e. The third kappa shape index (κ3) is 2.31. The molecule has 6 heteroatoms. The van der Waals surface area contributed by atoms with Crippen LogP contribution < -0.4 is 0 Å². The molecule has 19 heavy (non-hydrogen) atoms. The Morgan fingerprint density at radius 2 is 1.89 bits per heavy atom. The van der Waals surface area contributed by atoms with Crippen molar-refractivity contribution in [2.75, 3.05) is 0 Å². The SMILES string of the molecule is CCc1cc2c(Cl)nc(-c3ncc(C)cn3)nc2s1. The highest BCUT2D eigenvalue weighted by Crippen LogP contribution is 2.30. The van der Waals surface area contributed by atoms with Crippen LogP contribution in [-0.4, -0.2) is 19.9 Å². The highest BCUT2D eigenvalue weighted by atomic mass is 35.5. The molecule has 0 aliphatic carbocycles. The van der Waals surface area contributed by atoms with Gasteiger partial charge in [0, 0.05) is 22.7 Å². The number of aryl methyl sites for hydroxylation is 2. The zero-order valence-corrected chi connectivity index (χ0v) is 12.1. The van der Waals surface area contributed by atoms with Crippen molar-refractivity contribution in [3.63, 3.8) is 0 Å². The predicted octanol–water partition coefficient (Wildman–Crippen LogP) is 3.67. The van der Waals surface area contributed by atoms with Gasteiger partial charge >= 0.3 is 0 Å². The molecule has 3 aromatic rings. The summed E-state index contributed by atoms with van der Waals surface area (Å²) in [7, 11) is 0. The van der Waals surface area contributed by atoms with Crippen LogP contribution in [0.15, 0.2) is 18.5 Å². The minimum absolute atomic E-state index is 0.458. The van der Waals surface area contributed by atoms with Gasteiger partial charge in [0.2, 0.25) is 5.82 Å². The van der Waals surface area contributed by atoms with E-state index in [0.29, 0.717) is 16.8 Å². The number of rotatable bonds is 2. The second kappa shape index (κ2) is 4.83. The highest BCUT2D eigenvalue weighted by Gasteiger charge is 2.12. The molecule has 0 radical (unpaired) electrons. The van der Waals surface area contributed by atoms with E-state index in [9.17, 15) is 0 Å². The number of hydrogen-bond acceptors (Lipinski definition) is 5. The van der Waals surface area contributed by atoms with Crippen LogP contribution in [0.25, 0.3) is 21.9 Å². The molecule has 0 unspecified atom stereocenters. The van der Waals surface area contributed by atoms with Crippen LogP contribution >= 0.6 is 22.9 Å². The van der Waals surface area contributed by atoms with Crippen molar-refractivity contribution in [2.24, 2.45) is 0 Å². The summed E-state index contributed by atoms with van der Waals surface area (Å²) in [5, 5.41) is 1.36. The fourth-order valence-electron chi connectivity index (χ4n) is 1.72. The lowest BCUT2D eigenvalue weighted by molar-refractivity contribution is 1.08. The maximum atomic E-state index is 6.21. The minimum Gasteiger partial charge on any atom is -0.234 e. The molecule has 3 aromatic heterocycles. The van der Waals surface area contributed by atoms with E-state index in [4.69, 9.17) is 11.6 Å². The third-order valence-corrected chi connectivity index (χ3v) is 4.19. The van der Waals surface area contributed by atoms with Crippen molar-refractivity contribution >= 4 is 33.2 Å². The largest absolute Gasteiger partial charge is 0.234 e. The number of halogens is 1. The first-order chi connectivity index (χ1) is 9.17. The molecule has 0 aliphatic rings. The van der Waals surface area contributed by atoms with E-state index in [0.717, 1.165) is 22.2 Å². The first kappa shape index (κ1) is 12.4. The van der Waals surface area contributed by atoms with Crippen LogP contribution in [0.2, 0.25) is 5.15 Å². The molecule has 0 amide bonds. The van der Waals surface area contributed by atoms with Crippen molar-refractivity contribution in [3.8, 4) is 11.6 Å². The van der Waals surface area contributed by atoms with Gasteiger partial charge in [-0.15, -0.1) is 11.3 Å². The molecule has 0 fully saturated rings. The van der Waals surface area contributed by atoms with E-state index in [1.54, 1.807) is 23.7 Å². The van der Waals surface area contributed by atoms with Gasteiger partial charge in [-0.05, 0) is 25.0 Å². The van der Waals surface area contributed by atoms with Gasteiger partial charge < -0.3 is 0 Å². The molecule has 0 spiro atoms. The fourth-order valence-corrected chi connectivity index (χ4v) is 2.97. The molecule has 0 atom stereocenters. The van der Waals surface area contributed by atoms with Crippen molar-refractivity contribution in [1.29, 1.82) is 0 Å². The summed E-state index contributed by atoms with van der Waals surface area (Å²) in [5.41, 5.74) is 1.00. The van der Waals surface area contributed by atoms with Crippen molar-refractivity contribution in [2.45, 2.75) is 20.3 Å². The molecule has 0 N–H and O–H groups in total. The Bertz CT molecular complexity index is 736. The van der Waals surface area contributed by atoms with E-state index < -0.39 is 0 Å². The van der Waals surface area contributed by atoms with E-state index in [2.05, 4.69) is 26.9 Å². The summed E-state index contributed by atoms with van der Waals surface area (Å²) >= 11 is 7.85. The lowest BCUT2D eigenvalue weighted by Gasteiger charge is -2.00. The fraction of sp³-hybridized carbons (Fsp3) is 0.231. The summed E-state index contributed by atoms with van der Waals surface area (Å²) in [6, 6.07) is 2.04. The molecule has 0 bridgehead atoms. The summed E-state index contributed by atoms with van der Waals surface area (Å²) in [6.45, 7) is 4.05.